The molecule has 5 aliphatic rings. The largest absolute Gasteiger partial charge is 0.463 e. The van der Waals surface area contributed by atoms with Gasteiger partial charge in [-0.1, -0.05) is 0 Å². The zero-order valence-electron chi connectivity index (χ0n) is 60.7. The SMILES string of the molecule is CC(=O)OC[C@H]1O[C@@H](SC[C@H]2O[C@@H](SC[C@H]3O[C@](S)(C(=N)N)[C@H](OC(C)=O)[C@@H](S[C@@H]4O[C@H](COC(C)=O)[C@@H](OC(C)=O)[C@H](OC(C)=O)[C@H]4OC(C)=O)[C@@H]3OC(C)=O)[C@H](OC(C)=O)[C@@H](S[C@@H]3O[C@H](COC(C)=O)[C@@H](OC(C)=O)[C@H](OC(C)=O)[C@H]3OC(C)=O)[C@@H]2OC(C)=O)[C@H](OC(C)=O)[C@@H](OC(C)=O)[C@@H]1OC(C)=O. The van der Waals surface area contributed by atoms with Gasteiger partial charge in [0.05, 0.1) is 10.5 Å². The third-order valence-electron chi connectivity index (χ3n) is 15.2. The lowest BCUT2D eigenvalue weighted by molar-refractivity contribution is -0.238. The van der Waals surface area contributed by atoms with Crippen LogP contribution in [0.2, 0.25) is 0 Å². The minimum atomic E-state index is -2.62. The normalized spacial score (nSPS) is 33.0. The Morgan fingerprint density at radius 2 is 0.551 bits per heavy atom. The van der Waals surface area contributed by atoms with Gasteiger partial charge in [-0.25, -0.2) is 0 Å². The molecule has 5 rings (SSSR count). The van der Waals surface area contributed by atoms with E-state index in [0.29, 0.717) is 47.0 Å². The Hall–Kier alpha value is -7.46. The van der Waals surface area contributed by atoms with E-state index >= 15 is 0 Å². The lowest BCUT2D eigenvalue weighted by atomic mass is 9.96. The molecule has 0 aromatic rings. The molecule has 3 N–H and O–H groups in total. The van der Waals surface area contributed by atoms with E-state index in [2.05, 4.69) is 0 Å². The Morgan fingerprint density at radius 1 is 0.308 bits per heavy atom. The molecule has 25 atom stereocenters. The fourth-order valence-corrected chi connectivity index (χ4v) is 18.1. The average molecular weight is 1620 g/mol. The van der Waals surface area contributed by atoms with Crippen molar-refractivity contribution in [2.75, 3.05) is 31.3 Å². The molecule has 0 unspecified atom stereocenters. The summed E-state index contributed by atoms with van der Waals surface area (Å²) >= 11 is 7.19. The van der Waals surface area contributed by atoms with E-state index in [0.717, 1.165) is 111 Å². The number of nitrogens with one attached hydrogen (secondary N) is 1. The number of rotatable bonds is 30. The number of carbonyl (C=O) groups is 16. The molecule has 44 heteroatoms. The van der Waals surface area contributed by atoms with E-state index in [-0.39, 0.29) is 0 Å². The van der Waals surface area contributed by atoms with Crippen molar-refractivity contribution in [3.8, 4) is 0 Å². The second kappa shape index (κ2) is 40.8. The first kappa shape index (κ1) is 90.2. The van der Waals surface area contributed by atoms with Crippen LogP contribution in [0.4, 0.5) is 0 Å². The van der Waals surface area contributed by atoms with Crippen molar-refractivity contribution >= 4 is 161 Å². The maximum absolute atomic E-state index is 13.8. The monoisotopic (exact) mass is 1620 g/mol. The van der Waals surface area contributed by atoms with Crippen molar-refractivity contribution in [2.24, 2.45) is 5.73 Å². The molecule has 5 saturated heterocycles. The number of thioether (sulfide) groups is 4. The summed E-state index contributed by atoms with van der Waals surface area (Å²) in [7, 11) is 0. The Kier molecular flexibility index (Phi) is 34.4. The molecule has 0 saturated carbocycles. The number of hydrogen-bond donors (Lipinski definition) is 3. The van der Waals surface area contributed by atoms with Gasteiger partial charge in [-0.3, -0.25) is 82.1 Å². The second-order valence-corrected chi connectivity index (χ2v) is 29.6. The number of hydrogen-bond acceptors (Lipinski definition) is 43. The summed E-state index contributed by atoms with van der Waals surface area (Å²) in [6, 6.07) is 0. The predicted molar refractivity (Wildman–Crippen MR) is 363 cm³/mol. The molecule has 5 aliphatic heterocycles. The van der Waals surface area contributed by atoms with Crippen LogP contribution in [0.1, 0.15) is 111 Å². The van der Waals surface area contributed by atoms with Gasteiger partial charge < -0.3 is 105 Å². The van der Waals surface area contributed by atoms with Crippen LogP contribution in [0.25, 0.3) is 0 Å². The summed E-state index contributed by atoms with van der Waals surface area (Å²) in [5.41, 5.74) is -0.537. The highest BCUT2D eigenvalue weighted by Crippen LogP contribution is 2.50. The first-order chi connectivity index (χ1) is 49.9. The molecule has 0 spiro atoms. The van der Waals surface area contributed by atoms with Gasteiger partial charge in [-0.15, -0.1) is 59.7 Å². The van der Waals surface area contributed by atoms with Gasteiger partial charge in [-0.05, 0) is 0 Å². The van der Waals surface area contributed by atoms with Crippen molar-refractivity contribution in [3.63, 3.8) is 0 Å². The van der Waals surface area contributed by atoms with Crippen LogP contribution >= 0.6 is 59.7 Å². The number of thiol groups is 1. The molecule has 0 amide bonds. The zero-order chi connectivity index (χ0) is 80.4. The number of amidine groups is 1. The highest BCUT2D eigenvalue weighted by molar-refractivity contribution is 8.01. The molecule has 39 nitrogen and oxygen atoms in total. The standard InChI is InChI=1S/C63H86N2O37S5/c1-22(66)82-17-38-43(85-25(4)69)48(90-30(9)74)51(93-33(12)77)58(98-38)104-20-41-46(88-28(7)72)55(106-60-52(94-34(13)78)49(91-31(10)75)44(86-26(5)70)39(99-60)18-83-23(2)67)54(96-36(15)80)59(101-41)105-21-42-47(89-29(8)73)56(57(97-37(16)81)63(103,102-42)62(64)65)107-61-53(95-35(14)79)50(92-32(11)76)45(87-27(6)71)40(100-61)19-84-24(3)68/h38-61,103H,17-21H2,1-16H3,(H3,64,65)/t38-,39-,40-,41-,42-,43-,44-,45-,46-,47-,48+,49+,50+,51-,52-,53-,54-,55+,56+,57-,58+,59+,60+,61+,63-/m1/s1. The number of nitrogens with two attached hydrogens (primary N) is 1. The molecule has 5 heterocycles. The van der Waals surface area contributed by atoms with Crippen molar-refractivity contribution < 1.29 is 176 Å². The summed E-state index contributed by atoms with van der Waals surface area (Å²) in [6.07, 6.45) is -31.5. The van der Waals surface area contributed by atoms with Gasteiger partial charge in [0.25, 0.3) is 0 Å². The zero-order valence-corrected chi connectivity index (χ0v) is 64.8. The van der Waals surface area contributed by atoms with E-state index in [9.17, 15) is 76.7 Å². The minimum absolute atomic E-state index is 0.524. The molecule has 0 bridgehead atoms. The Bertz CT molecular complexity index is 3310. The van der Waals surface area contributed by atoms with Gasteiger partial charge in [0, 0.05) is 122 Å². The van der Waals surface area contributed by atoms with Crippen molar-refractivity contribution in [3.05, 3.63) is 0 Å². The molecule has 600 valence electrons. The Morgan fingerprint density at radius 3 is 0.869 bits per heavy atom. The maximum Gasteiger partial charge on any atom is 0.303 e. The van der Waals surface area contributed by atoms with E-state index in [1.807, 2.05) is 0 Å². The quantitative estimate of drug-likeness (QED) is 0.0286. The Balaban J connectivity index is 1.83. The van der Waals surface area contributed by atoms with Crippen LogP contribution in [-0.4, -0.2) is 280 Å². The van der Waals surface area contributed by atoms with Crippen molar-refractivity contribution in [1.82, 2.24) is 0 Å². The van der Waals surface area contributed by atoms with Gasteiger partial charge in [0.2, 0.25) is 4.93 Å². The fourth-order valence-electron chi connectivity index (χ4n) is 11.7. The summed E-state index contributed by atoms with van der Waals surface area (Å²) in [6.45, 7) is 13.5. The number of esters is 16. The topological polar surface area (TPSA) is 517 Å². The smallest absolute Gasteiger partial charge is 0.303 e. The molecule has 107 heavy (non-hydrogen) atoms. The van der Waals surface area contributed by atoms with Gasteiger partial charge in [-0.2, -0.15) is 0 Å². The third kappa shape index (κ3) is 26.4. The summed E-state index contributed by atoms with van der Waals surface area (Å²) < 4.78 is 124. The minimum Gasteiger partial charge on any atom is -0.463 e. The van der Waals surface area contributed by atoms with Gasteiger partial charge >= 0.3 is 95.5 Å². The molecule has 5 fully saturated rings. The number of ether oxygens (including phenoxy) is 21. The fraction of sp³-hybridized carbons (Fsp3) is 0.730. The van der Waals surface area contributed by atoms with Crippen molar-refractivity contribution in [1.29, 1.82) is 5.41 Å². The number of carbonyl (C=O) groups excluding carboxylic acids is 16. The van der Waals surface area contributed by atoms with Crippen LogP contribution in [0, 0.1) is 5.41 Å². The second-order valence-electron chi connectivity index (χ2n) is 24.1. The van der Waals surface area contributed by atoms with Crippen LogP contribution in [-0.2, 0) is 176 Å². The first-order valence-corrected chi connectivity index (χ1v) is 36.9. The molecule has 0 aromatic carbocycles. The van der Waals surface area contributed by atoms with Crippen LogP contribution in [0.3, 0.4) is 0 Å². The Labute approximate surface area is 634 Å². The molecule has 0 aromatic heterocycles. The van der Waals surface area contributed by atoms with Crippen LogP contribution in [0.15, 0.2) is 0 Å². The van der Waals surface area contributed by atoms with E-state index in [1.54, 1.807) is 0 Å². The van der Waals surface area contributed by atoms with E-state index in [4.69, 9.17) is 123 Å². The maximum atomic E-state index is 13.8. The third-order valence-corrected chi connectivity index (χ3v) is 21.2. The van der Waals surface area contributed by atoms with Gasteiger partial charge in [0.15, 0.2) is 67.1 Å². The summed E-state index contributed by atoms with van der Waals surface area (Å²) in [5, 5.41) is 5.61. The first-order valence-electron chi connectivity index (χ1n) is 32.5. The lowest BCUT2D eigenvalue weighted by Crippen LogP contribution is -2.69. The van der Waals surface area contributed by atoms with E-state index in [1.165, 1.54) is 0 Å². The highest BCUT2D eigenvalue weighted by atomic mass is 32.2. The molecular weight excluding hydrogens is 1540 g/mol. The average Bonchev–Trinajstić information content (AvgIpc) is 0.754. The van der Waals surface area contributed by atoms with Crippen molar-refractivity contribution in [2.45, 2.75) is 258 Å². The lowest BCUT2D eigenvalue weighted by Gasteiger charge is -2.52. The summed E-state index contributed by atoms with van der Waals surface area (Å²) in [5.74, 6) is -18.2. The van der Waals surface area contributed by atoms with Crippen LogP contribution < -0.4 is 5.73 Å². The molecular formula is C63H86N2O37S5. The summed E-state index contributed by atoms with van der Waals surface area (Å²) in [4.78, 5) is 206. The highest BCUT2D eigenvalue weighted by Gasteiger charge is 2.64. The van der Waals surface area contributed by atoms with E-state index < -0.39 is 280 Å². The predicted octanol–water partition coefficient (Wildman–Crippen LogP) is 0.318. The van der Waals surface area contributed by atoms with Crippen LogP contribution in [0.5, 0.6) is 0 Å². The molecule has 0 aliphatic carbocycles. The molecule has 0 radical (unpaired) electrons. The van der Waals surface area contributed by atoms with Gasteiger partial charge in [0.1, 0.15) is 90.1 Å².